The Bertz CT molecular complexity index is 2680. The molecule has 0 radical (unpaired) electrons. The molecule has 0 amide bonds. The third-order valence-corrected chi connectivity index (χ3v) is 29.3. The Kier molecular flexibility index (Phi) is 27.3. The van der Waals surface area contributed by atoms with Crippen molar-refractivity contribution in [1.82, 2.24) is 0 Å². The van der Waals surface area contributed by atoms with E-state index in [-0.39, 0.29) is 42.0 Å². The van der Waals surface area contributed by atoms with Gasteiger partial charge < -0.3 is 24.8 Å². The number of aliphatic carboxylic acids is 1. The number of aliphatic hydroxyl groups is 1. The highest BCUT2D eigenvalue weighted by molar-refractivity contribution is 5.76. The maximum atomic E-state index is 12.1. The fourth-order valence-electron chi connectivity index (χ4n) is 23.2. The van der Waals surface area contributed by atoms with Gasteiger partial charge in [-0.2, -0.15) is 0 Å². The van der Waals surface area contributed by atoms with Crippen molar-refractivity contribution >= 4 is 11.9 Å². The zero-order valence-corrected chi connectivity index (χ0v) is 64.2. The number of aliphatic hydroxyl groups excluding tert-OH is 1. The van der Waals surface area contributed by atoms with Gasteiger partial charge in [0, 0.05) is 19.4 Å². The molecule has 3 N–H and O–H groups in total. The minimum absolute atomic E-state index is 0.0236. The second kappa shape index (κ2) is 33.2. The van der Waals surface area contributed by atoms with E-state index in [1.54, 1.807) is 5.57 Å². The van der Waals surface area contributed by atoms with Gasteiger partial charge in [-0.25, -0.2) is 0 Å². The molecule has 1 aromatic carbocycles. The molecule has 0 heterocycles. The summed E-state index contributed by atoms with van der Waals surface area (Å²) >= 11 is 0. The molecule has 1 aromatic rings. The van der Waals surface area contributed by atoms with Gasteiger partial charge in [-0.3, -0.25) is 9.59 Å². The van der Waals surface area contributed by atoms with Gasteiger partial charge in [-0.1, -0.05) is 197 Å². The molecule has 0 spiro atoms. The molecule has 94 heavy (non-hydrogen) atoms. The monoisotopic (exact) mass is 1300 g/mol. The van der Waals surface area contributed by atoms with Crippen molar-refractivity contribution < 1.29 is 34.4 Å². The molecule has 0 aromatic heterocycles. The Morgan fingerprint density at radius 3 is 1.51 bits per heavy atom. The molecular weight excluding hydrogens is 1160 g/mol. The molecule has 9 aliphatic carbocycles. The van der Waals surface area contributed by atoms with Crippen molar-refractivity contribution in [1.29, 1.82) is 0 Å². The number of esters is 1. The van der Waals surface area contributed by atoms with Gasteiger partial charge in [0.2, 0.25) is 0 Å². The summed E-state index contributed by atoms with van der Waals surface area (Å²) in [6, 6.07) is 0. The van der Waals surface area contributed by atoms with Crippen LogP contribution in [0.3, 0.4) is 0 Å². The molecule has 0 bridgehead atoms. The maximum Gasteiger partial charge on any atom is 0.306 e. The van der Waals surface area contributed by atoms with Crippen LogP contribution in [0.5, 0.6) is 5.75 Å². The third-order valence-electron chi connectivity index (χ3n) is 29.3. The lowest BCUT2D eigenvalue weighted by molar-refractivity contribution is -0.154. The number of hydrogen-bond acceptors (Lipinski definition) is 6. The van der Waals surface area contributed by atoms with Crippen LogP contribution in [0, 0.1) is 131 Å². The summed E-state index contributed by atoms with van der Waals surface area (Å²) in [5.41, 5.74) is 10.9. The quantitative estimate of drug-likeness (QED) is 0.0625. The SMILES string of the molecule is CC(C)CCC[C@@H](C)[C@H]1CC[C@H]2[C@@H]3CC=C4C[C@@H](O)CC[C@]4(C)[C@H]3CC[C@]12C.CC(C)CCC[C@@H](C)[C@H]1CC[C@H]2[C@@H]3CC=C4C[C@@H](OC(=O)CCC(=O)O)CC[C@]4(C)[C@H]3CC[C@]12C.Cc1c(C)c2c(c(C)c1O)CC[C@@](C)(OCC[C@H](C)CCC[C@H](C)CCCC(C)C)C2. The van der Waals surface area contributed by atoms with E-state index in [2.05, 4.69) is 130 Å². The lowest BCUT2D eigenvalue weighted by Crippen LogP contribution is -2.51. The smallest absolute Gasteiger partial charge is 0.306 e. The Balaban J connectivity index is 0.000000182. The van der Waals surface area contributed by atoms with Gasteiger partial charge in [0.25, 0.3) is 0 Å². The number of carbonyl (C=O) groups is 2. The zero-order valence-electron chi connectivity index (χ0n) is 64.2. The number of ether oxygens (including phenoxy) is 2. The number of benzene rings is 1. The van der Waals surface area contributed by atoms with E-state index in [1.807, 2.05) is 6.92 Å². The highest BCUT2D eigenvalue weighted by atomic mass is 16.5. The highest BCUT2D eigenvalue weighted by Crippen LogP contribution is 2.69. The maximum absolute atomic E-state index is 12.1. The molecule has 6 fully saturated rings. The lowest BCUT2D eigenvalue weighted by Gasteiger charge is -2.58. The molecule has 7 nitrogen and oxygen atoms in total. The fourth-order valence-corrected chi connectivity index (χ4v) is 23.2. The van der Waals surface area contributed by atoms with Gasteiger partial charge in [-0.05, 0) is 282 Å². The van der Waals surface area contributed by atoms with Crippen LogP contribution >= 0.6 is 0 Å². The number of phenolic OH excluding ortho intramolecular Hbond substituents is 1. The average molecular weight is 1300 g/mol. The number of aromatic hydroxyl groups is 1. The predicted molar refractivity (Wildman–Crippen MR) is 393 cm³/mol. The van der Waals surface area contributed by atoms with Crippen LogP contribution < -0.4 is 0 Å². The predicted octanol–water partition coefficient (Wildman–Crippen LogP) is 23.4. The van der Waals surface area contributed by atoms with Crippen LogP contribution in [0.2, 0.25) is 0 Å². The Morgan fingerprint density at radius 2 is 1.00 bits per heavy atom. The summed E-state index contributed by atoms with van der Waals surface area (Å²) in [6.07, 6.45) is 45.6. The summed E-state index contributed by atoms with van der Waals surface area (Å²) in [5, 5.41) is 29.5. The van der Waals surface area contributed by atoms with Gasteiger partial charge in [0.05, 0.1) is 24.5 Å². The fraction of sp³-hybridized carbons (Fsp3) is 0.862. The van der Waals surface area contributed by atoms with E-state index >= 15 is 0 Å². The zero-order chi connectivity index (χ0) is 68.7. The molecule has 6 saturated carbocycles. The summed E-state index contributed by atoms with van der Waals surface area (Å²) in [7, 11) is 0. The number of carboxylic acid groups (broad SMARTS) is 1. The van der Waals surface area contributed by atoms with Crippen molar-refractivity contribution in [2.45, 2.75) is 361 Å². The van der Waals surface area contributed by atoms with E-state index in [4.69, 9.17) is 14.6 Å². The van der Waals surface area contributed by atoms with Crippen LogP contribution in [0.25, 0.3) is 0 Å². The van der Waals surface area contributed by atoms with E-state index in [1.165, 1.54) is 170 Å². The van der Waals surface area contributed by atoms with Crippen molar-refractivity contribution in [2.75, 3.05) is 6.61 Å². The standard InChI is InChI=1S/C31H50O4.C29H50O2.C27H46O/c1-20(2)7-6-8-21(3)25-11-12-26-24-10-9-22-19-23(35-29(34)14-13-28(32)33)15-17-30(22,4)27(24)16-18-31(25,26)5;1-20(2)11-9-12-21(3)13-10-14-22(4)16-18-31-29(8)17-15-26-25(7)28(30)24(6)23(5)27(26)19-29;1-18(2)7-6-8-19(3)23-11-12-24-22-10-9-20-17-21(28)13-15-26(20,4)25(22)14-16-27(23,24)5/h9,20-21,23-27H,6-8,10-19H2,1-5H3,(H,32,33);20-22,30H,9-19H2,1-8H3;9,18-19,21-25,28H,6-8,10-17H2,1-5H3/t21-,23+,24+,25-,26+,27+,30+,31-;21-,22-,29-;19-,21+,22+,23-,24+,25+,26+,27-/m111/s1. The van der Waals surface area contributed by atoms with Crippen LogP contribution in [0.4, 0.5) is 0 Å². The van der Waals surface area contributed by atoms with Gasteiger partial charge in [-0.15, -0.1) is 0 Å². The van der Waals surface area contributed by atoms with Crippen molar-refractivity contribution in [3.05, 3.63) is 51.1 Å². The first-order chi connectivity index (χ1) is 44.3. The third kappa shape index (κ3) is 18.1. The van der Waals surface area contributed by atoms with E-state index in [9.17, 15) is 19.8 Å². The molecule has 536 valence electrons. The second-order valence-electron chi connectivity index (χ2n) is 37.1. The van der Waals surface area contributed by atoms with Crippen molar-refractivity contribution in [3.8, 4) is 5.75 Å². The molecule has 0 unspecified atom stereocenters. The highest BCUT2D eigenvalue weighted by Gasteiger charge is 2.61. The number of fused-ring (bicyclic) bond motifs is 11. The van der Waals surface area contributed by atoms with Gasteiger partial charge in [0.1, 0.15) is 11.9 Å². The molecular formula is C87H146O7. The van der Waals surface area contributed by atoms with Crippen LogP contribution in [-0.4, -0.2) is 51.7 Å². The number of phenols is 1. The van der Waals surface area contributed by atoms with Crippen LogP contribution in [-0.2, 0) is 31.9 Å². The first kappa shape index (κ1) is 77.1. The summed E-state index contributed by atoms with van der Waals surface area (Å²) in [6.45, 7) is 43.9. The Hall–Kier alpha value is -2.64. The first-order valence-corrected chi connectivity index (χ1v) is 40.3. The lowest BCUT2D eigenvalue weighted by atomic mass is 9.47. The van der Waals surface area contributed by atoms with E-state index in [0.717, 1.165) is 164 Å². The number of hydrogen-bond donors (Lipinski definition) is 3. The molecule has 19 atom stereocenters. The minimum Gasteiger partial charge on any atom is -0.507 e. The largest absolute Gasteiger partial charge is 0.507 e. The Morgan fingerprint density at radius 1 is 0.521 bits per heavy atom. The van der Waals surface area contributed by atoms with Crippen molar-refractivity contribution in [2.24, 2.45) is 110 Å². The summed E-state index contributed by atoms with van der Waals surface area (Å²) < 4.78 is 12.2. The number of carboxylic acids is 1. The minimum atomic E-state index is -0.942. The van der Waals surface area contributed by atoms with Crippen LogP contribution in [0.15, 0.2) is 23.3 Å². The normalized spacial score (nSPS) is 35.3. The summed E-state index contributed by atoms with van der Waals surface area (Å²) in [4.78, 5) is 22.9. The van der Waals surface area contributed by atoms with Gasteiger partial charge in [0.15, 0.2) is 0 Å². The number of rotatable bonds is 26. The Labute approximate surface area is 578 Å². The van der Waals surface area contributed by atoms with Crippen LogP contribution in [0.1, 0.15) is 337 Å². The van der Waals surface area contributed by atoms with E-state index in [0.29, 0.717) is 22.0 Å². The summed E-state index contributed by atoms with van der Waals surface area (Å²) in [5.74, 6) is 12.1. The number of carbonyl (C=O) groups excluding carboxylic acids is 1. The molecule has 0 saturated heterocycles. The topological polar surface area (TPSA) is 113 Å². The van der Waals surface area contributed by atoms with Gasteiger partial charge >= 0.3 is 11.9 Å². The second-order valence-corrected chi connectivity index (χ2v) is 37.1. The van der Waals surface area contributed by atoms with E-state index < -0.39 is 5.97 Å². The molecule has 10 rings (SSSR count). The molecule has 0 aliphatic heterocycles. The average Bonchev–Trinajstić information content (AvgIpc) is 1.39. The number of allylic oxidation sites excluding steroid dienone is 2. The molecule has 7 heteroatoms. The first-order valence-electron chi connectivity index (χ1n) is 40.3. The molecule has 9 aliphatic rings. The van der Waals surface area contributed by atoms with Crippen molar-refractivity contribution in [3.63, 3.8) is 0 Å².